The molecular weight excluding hydrogens is 397 g/mol. The van der Waals surface area contributed by atoms with Crippen molar-refractivity contribution in [2.24, 2.45) is 10.8 Å². The predicted molar refractivity (Wildman–Crippen MR) is 108 cm³/mol. The third-order valence-corrected chi connectivity index (χ3v) is 6.83. The summed E-state index contributed by atoms with van der Waals surface area (Å²) in [6.07, 6.45) is 6.69. The largest absolute Gasteiger partial charge is 0.523 e. The molecule has 0 amide bonds. The first kappa shape index (κ1) is 26.4. The molecule has 28 heavy (non-hydrogen) atoms. The van der Waals surface area contributed by atoms with Crippen molar-refractivity contribution in [3.8, 4) is 0 Å². The maximum atomic E-state index is 6.38. The summed E-state index contributed by atoms with van der Waals surface area (Å²) in [5, 5.41) is 3.33. The van der Waals surface area contributed by atoms with Crippen LogP contribution in [0, 0.1) is 17.6 Å². The van der Waals surface area contributed by atoms with Gasteiger partial charge in [0.1, 0.15) is 0 Å². The van der Waals surface area contributed by atoms with Crippen LogP contribution < -0.4 is 5.32 Å². The Labute approximate surface area is 183 Å². The third-order valence-electron chi connectivity index (χ3n) is 6.83. The molecule has 2 saturated heterocycles. The predicted octanol–water partition coefficient (Wildman–Crippen LogP) is 5.00. The Morgan fingerprint density at radius 1 is 0.929 bits per heavy atom. The zero-order valence-corrected chi connectivity index (χ0v) is 20.1. The molecule has 0 saturated carbocycles. The molecule has 1 radical (unpaired) electrons. The van der Waals surface area contributed by atoms with E-state index < -0.39 is 0 Å². The summed E-state index contributed by atoms with van der Waals surface area (Å²) >= 11 is 0. The van der Waals surface area contributed by atoms with Crippen molar-refractivity contribution in [1.29, 1.82) is 0 Å². The van der Waals surface area contributed by atoms with Gasteiger partial charge in [-0.25, -0.2) is 0 Å². The van der Waals surface area contributed by atoms with E-state index in [4.69, 9.17) is 18.9 Å². The molecule has 0 bridgehead atoms. The molecule has 2 aliphatic heterocycles. The molecule has 0 aromatic heterocycles. The third kappa shape index (κ3) is 6.66. The molecule has 5 unspecified atom stereocenters. The molecule has 5 atom stereocenters. The molecule has 2 fully saturated rings. The van der Waals surface area contributed by atoms with Crippen LogP contribution >= 0.6 is 0 Å². The molecular formula is C22H42MnNO4-. The van der Waals surface area contributed by atoms with Gasteiger partial charge in [0.2, 0.25) is 6.41 Å². The van der Waals surface area contributed by atoms with E-state index in [1.54, 1.807) is 6.79 Å². The van der Waals surface area contributed by atoms with Gasteiger partial charge in [0.25, 0.3) is 0 Å². The second-order valence-corrected chi connectivity index (χ2v) is 9.36. The van der Waals surface area contributed by atoms with Crippen molar-refractivity contribution < 1.29 is 36.0 Å². The Morgan fingerprint density at radius 2 is 1.61 bits per heavy atom. The Morgan fingerprint density at radius 3 is 2.21 bits per heavy atom. The van der Waals surface area contributed by atoms with Crippen LogP contribution in [0.2, 0.25) is 0 Å². The van der Waals surface area contributed by atoms with Crippen molar-refractivity contribution >= 4 is 0 Å². The molecule has 6 heteroatoms. The normalized spacial score (nSPS) is 32.0. The second kappa shape index (κ2) is 11.6. The fourth-order valence-corrected chi connectivity index (χ4v) is 4.20. The molecule has 0 aromatic carbocycles. The van der Waals surface area contributed by atoms with Crippen LogP contribution in [0.4, 0.5) is 0 Å². The average molecular weight is 440 g/mol. The van der Waals surface area contributed by atoms with E-state index in [9.17, 15) is 0 Å². The van der Waals surface area contributed by atoms with Crippen LogP contribution in [0.1, 0.15) is 87.0 Å². The van der Waals surface area contributed by atoms with Crippen LogP contribution in [-0.2, 0) is 36.0 Å². The first-order valence-corrected chi connectivity index (χ1v) is 10.9. The summed E-state index contributed by atoms with van der Waals surface area (Å²) in [6, 6.07) is 0. The minimum absolute atomic E-state index is 0. The zero-order chi connectivity index (χ0) is 20.1. The van der Waals surface area contributed by atoms with Crippen molar-refractivity contribution in [3.05, 3.63) is 6.79 Å². The van der Waals surface area contributed by atoms with E-state index >= 15 is 0 Å². The minimum Gasteiger partial charge on any atom is -0.523 e. The van der Waals surface area contributed by atoms with E-state index in [1.807, 2.05) is 0 Å². The standard InChI is InChI=1S/C22H42NO4.Mn/c1-8-11-17-13-19(27-20(26-17)23-10-3)22(6,7)21(4,5)14-18-12-16(9-2)24-15-25-18;/h15-20,23H,8-14H2,1-7H3;/q-1;. The van der Waals surface area contributed by atoms with E-state index in [-0.39, 0.29) is 58.7 Å². The number of hydrogen-bond acceptors (Lipinski definition) is 5. The summed E-state index contributed by atoms with van der Waals surface area (Å²) in [6.45, 7) is 18.2. The summed E-state index contributed by atoms with van der Waals surface area (Å²) in [5.41, 5.74) is 0.0382. The van der Waals surface area contributed by atoms with Crippen LogP contribution in [0.15, 0.2) is 0 Å². The topological polar surface area (TPSA) is 49.0 Å². The van der Waals surface area contributed by atoms with Crippen molar-refractivity contribution in [3.63, 3.8) is 0 Å². The Kier molecular flexibility index (Phi) is 11.0. The minimum atomic E-state index is -0.308. The molecule has 0 aromatic rings. The molecule has 0 aliphatic carbocycles. The van der Waals surface area contributed by atoms with Gasteiger partial charge in [-0.1, -0.05) is 61.7 Å². The van der Waals surface area contributed by atoms with Crippen molar-refractivity contribution in [2.45, 2.75) is 118 Å². The monoisotopic (exact) mass is 439 g/mol. The molecule has 0 spiro atoms. The second-order valence-electron chi connectivity index (χ2n) is 9.36. The smallest absolute Gasteiger partial charge is 0.216 e. The van der Waals surface area contributed by atoms with E-state index in [2.05, 4.69) is 53.8 Å². The van der Waals surface area contributed by atoms with Gasteiger partial charge < -0.3 is 18.9 Å². The fourth-order valence-electron chi connectivity index (χ4n) is 4.20. The quantitative estimate of drug-likeness (QED) is 0.405. The van der Waals surface area contributed by atoms with Gasteiger partial charge in [0.05, 0.1) is 12.2 Å². The molecule has 2 rings (SSSR count). The maximum absolute atomic E-state index is 6.38. The van der Waals surface area contributed by atoms with Gasteiger partial charge in [0, 0.05) is 35.7 Å². The number of hydrogen-bond donors (Lipinski definition) is 1. The van der Waals surface area contributed by atoms with Gasteiger partial charge in [0.15, 0.2) is 0 Å². The van der Waals surface area contributed by atoms with Crippen LogP contribution in [0.5, 0.6) is 0 Å². The van der Waals surface area contributed by atoms with Gasteiger partial charge in [-0.05, 0) is 43.1 Å². The van der Waals surface area contributed by atoms with Crippen molar-refractivity contribution in [1.82, 2.24) is 5.32 Å². The molecule has 2 aliphatic rings. The number of ether oxygens (including phenoxy) is 4. The maximum Gasteiger partial charge on any atom is 0.216 e. The van der Waals surface area contributed by atoms with Crippen LogP contribution in [0.3, 0.4) is 0 Å². The van der Waals surface area contributed by atoms with Gasteiger partial charge in [-0.3, -0.25) is 5.32 Å². The number of rotatable bonds is 9. The SMILES string of the molecule is CCCC1CC(C(C)(C)C(C)(C)CC2CC(CC)O[CH-]O2)OC(NCC)O1.[Mn]. The fraction of sp³-hybridized carbons (Fsp3) is 0.955. The average Bonchev–Trinajstić information content (AvgIpc) is 2.61. The van der Waals surface area contributed by atoms with E-state index in [0.29, 0.717) is 0 Å². The molecule has 1 N–H and O–H groups in total. The van der Waals surface area contributed by atoms with Gasteiger partial charge >= 0.3 is 0 Å². The molecule has 167 valence electrons. The van der Waals surface area contributed by atoms with E-state index in [1.165, 1.54) is 0 Å². The first-order chi connectivity index (χ1) is 12.7. The summed E-state index contributed by atoms with van der Waals surface area (Å²) in [4.78, 5) is 0. The molecule has 2 heterocycles. The summed E-state index contributed by atoms with van der Waals surface area (Å²) in [5.74, 6) is 0. The van der Waals surface area contributed by atoms with Crippen LogP contribution in [0.25, 0.3) is 0 Å². The van der Waals surface area contributed by atoms with E-state index in [0.717, 1.165) is 45.1 Å². The van der Waals surface area contributed by atoms with Crippen molar-refractivity contribution in [2.75, 3.05) is 6.54 Å². The van der Waals surface area contributed by atoms with Gasteiger partial charge in [-0.2, -0.15) is 0 Å². The summed E-state index contributed by atoms with van der Waals surface area (Å²) < 4.78 is 23.9. The van der Waals surface area contributed by atoms with Gasteiger partial charge in [-0.15, -0.1) is 0 Å². The summed E-state index contributed by atoms with van der Waals surface area (Å²) in [7, 11) is 0. The Hall–Kier alpha value is 0.319. The van der Waals surface area contributed by atoms with Crippen LogP contribution in [-0.4, -0.2) is 37.4 Å². The Balaban J connectivity index is 0.00000392. The first-order valence-electron chi connectivity index (χ1n) is 10.9. The number of nitrogens with one attached hydrogen (secondary N) is 1. The molecule has 5 nitrogen and oxygen atoms in total. The Bertz CT molecular complexity index is 432. The zero-order valence-electron chi connectivity index (χ0n) is 18.9.